The number of halogens is 3. The van der Waals surface area contributed by atoms with Gasteiger partial charge >= 0.3 is 6.18 Å². The van der Waals surface area contributed by atoms with Crippen molar-refractivity contribution in [3.8, 4) is 0 Å². The molecule has 0 aliphatic heterocycles. The van der Waals surface area contributed by atoms with Crippen LogP contribution >= 0.6 is 0 Å². The second-order valence-electron chi connectivity index (χ2n) is 5.03. The average Bonchev–Trinajstić information content (AvgIpc) is 2.77. The number of alkyl halides is 3. The summed E-state index contributed by atoms with van der Waals surface area (Å²) in [7, 11) is 0. The predicted molar refractivity (Wildman–Crippen MR) is 75.7 cm³/mol. The maximum atomic E-state index is 12.6. The highest BCUT2D eigenvalue weighted by Crippen LogP contribution is 2.29. The summed E-state index contributed by atoms with van der Waals surface area (Å²) in [4.78, 5) is 11.9. The van der Waals surface area contributed by atoms with Crippen LogP contribution in [0.25, 0.3) is 0 Å². The standard InChI is InChI=1S/C16H16F3NO2/c1-10-8-14(11(2)22-10)15(21)20-7-6-12-4-3-5-13(9-12)16(17,18)19/h3-5,8-9H,6-7H2,1-2H3,(H,20,21). The quantitative estimate of drug-likeness (QED) is 0.931. The molecule has 3 nitrogen and oxygen atoms in total. The largest absolute Gasteiger partial charge is 0.466 e. The number of nitrogens with one attached hydrogen (secondary N) is 1. The third-order valence-corrected chi connectivity index (χ3v) is 3.24. The van der Waals surface area contributed by atoms with Gasteiger partial charge in [0.05, 0.1) is 11.1 Å². The molecule has 0 saturated heterocycles. The minimum atomic E-state index is -4.36. The Bertz CT molecular complexity index is 674. The summed E-state index contributed by atoms with van der Waals surface area (Å²) in [5.74, 6) is 0.871. The van der Waals surface area contributed by atoms with E-state index in [4.69, 9.17) is 4.42 Å². The zero-order chi connectivity index (χ0) is 16.3. The van der Waals surface area contributed by atoms with Gasteiger partial charge in [-0.2, -0.15) is 13.2 Å². The summed E-state index contributed by atoms with van der Waals surface area (Å²) in [6.45, 7) is 3.69. The van der Waals surface area contributed by atoms with E-state index in [1.54, 1.807) is 26.0 Å². The van der Waals surface area contributed by atoms with Crippen molar-refractivity contribution in [3.63, 3.8) is 0 Å². The topological polar surface area (TPSA) is 42.2 Å². The lowest BCUT2D eigenvalue weighted by Crippen LogP contribution is -2.25. The van der Waals surface area contributed by atoms with E-state index in [0.717, 1.165) is 12.1 Å². The van der Waals surface area contributed by atoms with Crippen molar-refractivity contribution in [2.75, 3.05) is 6.54 Å². The second kappa shape index (κ2) is 6.25. The minimum absolute atomic E-state index is 0.254. The zero-order valence-corrected chi connectivity index (χ0v) is 12.3. The summed E-state index contributed by atoms with van der Waals surface area (Å²) in [6, 6.07) is 6.73. The molecule has 1 heterocycles. The van der Waals surface area contributed by atoms with Crippen molar-refractivity contribution in [2.45, 2.75) is 26.4 Å². The van der Waals surface area contributed by atoms with E-state index in [-0.39, 0.29) is 12.5 Å². The van der Waals surface area contributed by atoms with Crippen LogP contribution < -0.4 is 5.32 Å². The number of carbonyl (C=O) groups is 1. The number of amides is 1. The molecule has 0 saturated carbocycles. The van der Waals surface area contributed by atoms with Gasteiger partial charge in [-0.1, -0.05) is 18.2 Å². The summed E-state index contributed by atoms with van der Waals surface area (Å²) in [6.07, 6.45) is -4.03. The molecule has 22 heavy (non-hydrogen) atoms. The predicted octanol–water partition coefficient (Wildman–Crippen LogP) is 3.89. The monoisotopic (exact) mass is 311 g/mol. The van der Waals surface area contributed by atoms with Crippen molar-refractivity contribution in [2.24, 2.45) is 0 Å². The molecule has 2 rings (SSSR count). The van der Waals surface area contributed by atoms with Crippen LogP contribution in [0.3, 0.4) is 0 Å². The number of benzene rings is 1. The van der Waals surface area contributed by atoms with Gasteiger partial charge in [-0.3, -0.25) is 4.79 Å². The molecule has 2 aromatic rings. The van der Waals surface area contributed by atoms with Crippen LogP contribution in [0, 0.1) is 13.8 Å². The molecule has 0 radical (unpaired) electrons. The lowest BCUT2D eigenvalue weighted by molar-refractivity contribution is -0.137. The summed E-state index contributed by atoms with van der Waals surface area (Å²) in [5.41, 5.74) is 0.286. The number of carbonyl (C=O) groups excluding carboxylic acids is 1. The van der Waals surface area contributed by atoms with Crippen LogP contribution in [0.4, 0.5) is 13.2 Å². The smallest absolute Gasteiger partial charge is 0.416 e. The number of aryl methyl sites for hydroxylation is 2. The Morgan fingerprint density at radius 2 is 1.95 bits per heavy atom. The van der Waals surface area contributed by atoms with Crippen molar-refractivity contribution in [3.05, 3.63) is 58.5 Å². The van der Waals surface area contributed by atoms with Crippen LogP contribution in [-0.4, -0.2) is 12.5 Å². The minimum Gasteiger partial charge on any atom is -0.466 e. The fraction of sp³-hybridized carbons (Fsp3) is 0.312. The summed E-state index contributed by atoms with van der Waals surface area (Å²) < 4.78 is 43.1. The van der Waals surface area contributed by atoms with E-state index in [0.29, 0.717) is 29.1 Å². The molecule has 0 unspecified atom stereocenters. The van der Waals surface area contributed by atoms with Gasteiger partial charge in [-0.15, -0.1) is 0 Å². The van der Waals surface area contributed by atoms with Gasteiger partial charge in [0, 0.05) is 6.54 Å². The van der Waals surface area contributed by atoms with Gasteiger partial charge in [0.1, 0.15) is 11.5 Å². The van der Waals surface area contributed by atoms with Crippen LogP contribution in [0.15, 0.2) is 34.7 Å². The molecule has 0 spiro atoms. The van der Waals surface area contributed by atoms with E-state index >= 15 is 0 Å². The normalized spacial score (nSPS) is 11.5. The Labute approximate surface area is 126 Å². The molecule has 0 fully saturated rings. The lowest BCUT2D eigenvalue weighted by Gasteiger charge is -2.09. The highest BCUT2D eigenvalue weighted by Gasteiger charge is 2.30. The molecule has 1 N–H and O–H groups in total. The molecule has 1 aromatic heterocycles. The number of rotatable bonds is 4. The van der Waals surface area contributed by atoms with E-state index in [9.17, 15) is 18.0 Å². The molecular formula is C16H16F3NO2. The fourth-order valence-corrected chi connectivity index (χ4v) is 2.18. The molecule has 1 amide bonds. The van der Waals surface area contributed by atoms with Gasteiger partial charge in [-0.05, 0) is 38.0 Å². The number of furan rings is 1. The number of hydrogen-bond donors (Lipinski definition) is 1. The first-order chi connectivity index (χ1) is 10.3. The first kappa shape index (κ1) is 16.1. The van der Waals surface area contributed by atoms with Crippen molar-refractivity contribution in [1.82, 2.24) is 5.32 Å². The Morgan fingerprint density at radius 3 is 2.55 bits per heavy atom. The fourth-order valence-electron chi connectivity index (χ4n) is 2.18. The summed E-state index contributed by atoms with van der Waals surface area (Å²) in [5, 5.41) is 2.68. The average molecular weight is 311 g/mol. The van der Waals surface area contributed by atoms with Gasteiger partial charge in [-0.25, -0.2) is 0 Å². The molecular weight excluding hydrogens is 295 g/mol. The molecule has 1 aromatic carbocycles. The SMILES string of the molecule is Cc1cc(C(=O)NCCc2cccc(C(F)(F)F)c2)c(C)o1. The molecule has 0 aliphatic carbocycles. The zero-order valence-electron chi connectivity index (χ0n) is 12.3. The van der Waals surface area contributed by atoms with Crippen LogP contribution in [0.5, 0.6) is 0 Å². The van der Waals surface area contributed by atoms with E-state index in [1.807, 2.05) is 0 Å². The molecule has 0 atom stereocenters. The maximum absolute atomic E-state index is 12.6. The van der Waals surface area contributed by atoms with E-state index in [2.05, 4.69) is 5.32 Å². The first-order valence-corrected chi connectivity index (χ1v) is 6.79. The van der Waals surface area contributed by atoms with Crippen LogP contribution in [0.1, 0.15) is 33.0 Å². The van der Waals surface area contributed by atoms with Gasteiger partial charge in [0.2, 0.25) is 0 Å². The molecule has 6 heteroatoms. The van der Waals surface area contributed by atoms with E-state index in [1.165, 1.54) is 6.07 Å². The third kappa shape index (κ3) is 3.90. The van der Waals surface area contributed by atoms with Crippen molar-refractivity contribution < 1.29 is 22.4 Å². The van der Waals surface area contributed by atoms with Gasteiger partial charge in [0.15, 0.2) is 0 Å². The van der Waals surface area contributed by atoms with Crippen molar-refractivity contribution >= 4 is 5.91 Å². The van der Waals surface area contributed by atoms with Gasteiger partial charge in [0.25, 0.3) is 5.91 Å². The van der Waals surface area contributed by atoms with E-state index < -0.39 is 11.7 Å². The lowest BCUT2D eigenvalue weighted by atomic mass is 10.1. The second-order valence-corrected chi connectivity index (χ2v) is 5.03. The first-order valence-electron chi connectivity index (χ1n) is 6.79. The summed E-state index contributed by atoms with van der Waals surface area (Å²) >= 11 is 0. The Kier molecular flexibility index (Phi) is 4.59. The van der Waals surface area contributed by atoms with Gasteiger partial charge < -0.3 is 9.73 Å². The highest BCUT2D eigenvalue weighted by atomic mass is 19.4. The molecule has 118 valence electrons. The van der Waals surface area contributed by atoms with Crippen LogP contribution in [0.2, 0.25) is 0 Å². The van der Waals surface area contributed by atoms with Crippen LogP contribution in [-0.2, 0) is 12.6 Å². The molecule has 0 bridgehead atoms. The Balaban J connectivity index is 1.94. The Morgan fingerprint density at radius 1 is 1.23 bits per heavy atom. The maximum Gasteiger partial charge on any atom is 0.416 e. The molecule has 0 aliphatic rings. The third-order valence-electron chi connectivity index (χ3n) is 3.24. The highest BCUT2D eigenvalue weighted by molar-refractivity contribution is 5.95. The van der Waals surface area contributed by atoms with Crippen molar-refractivity contribution in [1.29, 1.82) is 0 Å². The number of hydrogen-bond acceptors (Lipinski definition) is 2. The Hall–Kier alpha value is -2.24.